The second kappa shape index (κ2) is 11.5. The molecule has 1 atom stereocenters. The second-order valence-electron chi connectivity index (χ2n) is 8.88. The molecule has 6 nitrogen and oxygen atoms in total. The standard InChI is InChI=1S/C26H36N4O2/c1-32-24-11-7-10-23(18-24)25(30-12-5-6-13-30)19-27-26(31)21-29-16-14-28(15-17-29)20-22-8-3-2-4-9-22/h2-4,7-11,18,25H,5-6,12-17,19-21H2,1H3,(H,27,31). The molecule has 2 heterocycles. The smallest absolute Gasteiger partial charge is 0.234 e. The molecule has 0 bridgehead atoms. The number of carbonyl (C=O) groups is 1. The minimum absolute atomic E-state index is 0.119. The van der Waals surface area contributed by atoms with Gasteiger partial charge in [-0.25, -0.2) is 0 Å². The Labute approximate surface area is 192 Å². The van der Waals surface area contributed by atoms with Crippen molar-refractivity contribution in [1.29, 1.82) is 0 Å². The van der Waals surface area contributed by atoms with Crippen LogP contribution in [0.25, 0.3) is 0 Å². The zero-order chi connectivity index (χ0) is 22.2. The highest BCUT2D eigenvalue weighted by Gasteiger charge is 2.25. The number of hydrogen-bond acceptors (Lipinski definition) is 5. The molecule has 172 valence electrons. The number of nitrogens with zero attached hydrogens (tertiary/aromatic N) is 3. The summed E-state index contributed by atoms with van der Waals surface area (Å²) in [5, 5.41) is 3.22. The summed E-state index contributed by atoms with van der Waals surface area (Å²) in [4.78, 5) is 20.0. The summed E-state index contributed by atoms with van der Waals surface area (Å²) in [6.45, 7) is 8.15. The van der Waals surface area contributed by atoms with Gasteiger partial charge < -0.3 is 10.1 Å². The monoisotopic (exact) mass is 436 g/mol. The lowest BCUT2D eigenvalue weighted by molar-refractivity contribution is -0.122. The molecule has 2 aliphatic rings. The molecule has 0 saturated carbocycles. The molecular formula is C26H36N4O2. The Kier molecular flexibility index (Phi) is 8.15. The summed E-state index contributed by atoms with van der Waals surface area (Å²) in [7, 11) is 1.70. The van der Waals surface area contributed by atoms with Crippen LogP contribution in [0.1, 0.15) is 30.0 Å². The zero-order valence-corrected chi connectivity index (χ0v) is 19.2. The Balaban J connectivity index is 1.25. The van der Waals surface area contributed by atoms with Crippen molar-refractivity contribution in [2.75, 3.05) is 59.5 Å². The van der Waals surface area contributed by atoms with Crippen molar-refractivity contribution in [1.82, 2.24) is 20.0 Å². The fraction of sp³-hybridized carbons (Fsp3) is 0.500. The van der Waals surface area contributed by atoms with Gasteiger partial charge in [0.1, 0.15) is 5.75 Å². The lowest BCUT2D eigenvalue weighted by Crippen LogP contribution is -2.49. The van der Waals surface area contributed by atoms with Crippen LogP contribution >= 0.6 is 0 Å². The Morgan fingerprint density at radius 3 is 2.38 bits per heavy atom. The minimum Gasteiger partial charge on any atom is -0.497 e. The van der Waals surface area contributed by atoms with Gasteiger partial charge in [0.15, 0.2) is 0 Å². The third-order valence-corrected chi connectivity index (χ3v) is 6.63. The maximum atomic E-state index is 12.7. The van der Waals surface area contributed by atoms with E-state index < -0.39 is 0 Å². The highest BCUT2D eigenvalue weighted by atomic mass is 16.5. The van der Waals surface area contributed by atoms with Crippen LogP contribution in [0.4, 0.5) is 0 Å². The molecule has 1 N–H and O–H groups in total. The van der Waals surface area contributed by atoms with E-state index in [4.69, 9.17) is 4.74 Å². The first-order valence-electron chi connectivity index (χ1n) is 11.8. The maximum absolute atomic E-state index is 12.7. The van der Waals surface area contributed by atoms with Crippen molar-refractivity contribution >= 4 is 5.91 Å². The maximum Gasteiger partial charge on any atom is 0.234 e. The van der Waals surface area contributed by atoms with Gasteiger partial charge in [-0.1, -0.05) is 42.5 Å². The molecule has 2 fully saturated rings. The molecule has 2 aromatic rings. The number of piperazine rings is 1. The summed E-state index contributed by atoms with van der Waals surface area (Å²) in [6, 6.07) is 19.0. The molecular weight excluding hydrogens is 400 g/mol. The lowest BCUT2D eigenvalue weighted by Gasteiger charge is -2.34. The Morgan fingerprint density at radius 2 is 1.66 bits per heavy atom. The fourth-order valence-electron chi connectivity index (χ4n) is 4.78. The van der Waals surface area contributed by atoms with E-state index in [2.05, 4.69) is 62.5 Å². The number of ether oxygens (including phenoxy) is 1. The molecule has 1 unspecified atom stereocenters. The van der Waals surface area contributed by atoms with Crippen LogP contribution in [0.2, 0.25) is 0 Å². The highest BCUT2D eigenvalue weighted by Crippen LogP contribution is 2.27. The third kappa shape index (κ3) is 6.31. The van der Waals surface area contributed by atoms with Gasteiger partial charge >= 0.3 is 0 Å². The number of methoxy groups -OCH3 is 1. The number of carbonyl (C=O) groups excluding carboxylic acids is 1. The molecule has 4 rings (SSSR count). The predicted octanol–water partition coefficient (Wildman–Crippen LogP) is 2.77. The van der Waals surface area contributed by atoms with E-state index in [1.807, 2.05) is 12.1 Å². The summed E-state index contributed by atoms with van der Waals surface area (Å²) in [5.41, 5.74) is 2.56. The summed E-state index contributed by atoms with van der Waals surface area (Å²) >= 11 is 0. The van der Waals surface area contributed by atoms with E-state index in [1.165, 1.54) is 24.0 Å². The number of likely N-dealkylation sites (tertiary alicyclic amines) is 1. The normalized spacial score (nSPS) is 19.0. The first-order valence-corrected chi connectivity index (χ1v) is 11.8. The summed E-state index contributed by atoms with van der Waals surface area (Å²) in [5.74, 6) is 0.986. The highest BCUT2D eigenvalue weighted by molar-refractivity contribution is 5.78. The van der Waals surface area contributed by atoms with Crippen LogP contribution in [0.3, 0.4) is 0 Å². The first-order chi connectivity index (χ1) is 15.7. The Hall–Kier alpha value is -2.41. The molecule has 1 amide bonds. The fourth-order valence-corrected chi connectivity index (χ4v) is 4.78. The molecule has 0 spiro atoms. The SMILES string of the molecule is COc1cccc(C(CNC(=O)CN2CCN(Cc3ccccc3)CC2)N2CCCC2)c1. The van der Waals surface area contributed by atoms with Gasteiger partial charge in [-0.05, 0) is 49.2 Å². The van der Waals surface area contributed by atoms with Crippen LogP contribution in [0, 0.1) is 0 Å². The molecule has 0 aromatic heterocycles. The van der Waals surface area contributed by atoms with Gasteiger partial charge in [0.05, 0.1) is 19.7 Å². The van der Waals surface area contributed by atoms with E-state index in [9.17, 15) is 4.79 Å². The molecule has 0 aliphatic carbocycles. The van der Waals surface area contributed by atoms with Crippen LogP contribution in [-0.4, -0.2) is 80.1 Å². The molecule has 2 aromatic carbocycles. The summed E-state index contributed by atoms with van der Waals surface area (Å²) in [6.07, 6.45) is 2.45. The lowest BCUT2D eigenvalue weighted by atomic mass is 10.0. The average Bonchev–Trinajstić information content (AvgIpc) is 3.36. The van der Waals surface area contributed by atoms with Gasteiger partial charge in [-0.2, -0.15) is 0 Å². The van der Waals surface area contributed by atoms with Crippen molar-refractivity contribution in [3.8, 4) is 5.75 Å². The molecule has 32 heavy (non-hydrogen) atoms. The van der Waals surface area contributed by atoms with Crippen molar-refractivity contribution in [2.45, 2.75) is 25.4 Å². The molecule has 2 saturated heterocycles. The van der Waals surface area contributed by atoms with E-state index in [1.54, 1.807) is 7.11 Å². The number of benzene rings is 2. The van der Waals surface area contributed by atoms with E-state index >= 15 is 0 Å². The van der Waals surface area contributed by atoms with Gasteiger partial charge in [0, 0.05) is 39.3 Å². The quantitative estimate of drug-likeness (QED) is 0.655. The van der Waals surface area contributed by atoms with Crippen LogP contribution in [-0.2, 0) is 11.3 Å². The van der Waals surface area contributed by atoms with E-state index in [0.717, 1.165) is 51.6 Å². The topological polar surface area (TPSA) is 48.1 Å². The van der Waals surface area contributed by atoms with Gasteiger partial charge in [0.2, 0.25) is 5.91 Å². The average molecular weight is 437 g/mol. The van der Waals surface area contributed by atoms with Crippen LogP contribution in [0.5, 0.6) is 5.75 Å². The largest absolute Gasteiger partial charge is 0.497 e. The van der Waals surface area contributed by atoms with Crippen LogP contribution in [0.15, 0.2) is 54.6 Å². The minimum atomic E-state index is 0.119. The van der Waals surface area contributed by atoms with E-state index in [-0.39, 0.29) is 11.9 Å². The van der Waals surface area contributed by atoms with E-state index in [0.29, 0.717) is 13.1 Å². The molecule has 0 radical (unpaired) electrons. The van der Waals surface area contributed by atoms with Gasteiger partial charge in [-0.15, -0.1) is 0 Å². The zero-order valence-electron chi connectivity index (χ0n) is 19.2. The number of rotatable bonds is 9. The van der Waals surface area contributed by atoms with Gasteiger partial charge in [0.25, 0.3) is 0 Å². The van der Waals surface area contributed by atoms with Crippen molar-refractivity contribution in [3.05, 3.63) is 65.7 Å². The Morgan fingerprint density at radius 1 is 0.938 bits per heavy atom. The van der Waals surface area contributed by atoms with Crippen LogP contribution < -0.4 is 10.1 Å². The second-order valence-corrected chi connectivity index (χ2v) is 8.88. The number of amides is 1. The van der Waals surface area contributed by atoms with Crippen molar-refractivity contribution < 1.29 is 9.53 Å². The number of nitrogens with one attached hydrogen (secondary N) is 1. The number of hydrogen-bond donors (Lipinski definition) is 1. The molecule has 2 aliphatic heterocycles. The third-order valence-electron chi connectivity index (χ3n) is 6.63. The van der Waals surface area contributed by atoms with Crippen molar-refractivity contribution in [2.24, 2.45) is 0 Å². The Bertz CT molecular complexity index is 846. The predicted molar refractivity (Wildman–Crippen MR) is 128 cm³/mol. The van der Waals surface area contributed by atoms with Gasteiger partial charge in [-0.3, -0.25) is 19.5 Å². The molecule has 6 heteroatoms. The van der Waals surface area contributed by atoms with Crippen molar-refractivity contribution in [3.63, 3.8) is 0 Å². The first kappa shape index (κ1) is 22.8. The summed E-state index contributed by atoms with van der Waals surface area (Å²) < 4.78 is 5.42.